The fourth-order valence-electron chi connectivity index (χ4n) is 2.75. The third-order valence-corrected chi connectivity index (χ3v) is 4.17. The average molecular weight is 360 g/mol. The van der Waals surface area contributed by atoms with E-state index in [0.29, 0.717) is 10.9 Å². The second-order valence-electron chi connectivity index (χ2n) is 6.25. The Balaban J connectivity index is 1.87. The summed E-state index contributed by atoms with van der Waals surface area (Å²) in [5, 5.41) is 20.2. The van der Waals surface area contributed by atoms with Gasteiger partial charge in [-0.05, 0) is 29.8 Å². The van der Waals surface area contributed by atoms with Crippen molar-refractivity contribution in [1.82, 2.24) is 4.98 Å². The predicted octanol–water partition coefficient (Wildman–Crippen LogP) is 4.43. The van der Waals surface area contributed by atoms with Gasteiger partial charge >= 0.3 is 5.97 Å². The largest absolute Gasteiger partial charge is 0.505 e. The van der Waals surface area contributed by atoms with Crippen LogP contribution in [-0.4, -0.2) is 35.3 Å². The smallest absolute Gasteiger partial charge is 0.340 e. The Kier molecular flexibility index (Phi) is 5.22. The Hall–Kier alpha value is -3.60. The second-order valence-corrected chi connectivity index (χ2v) is 6.25. The molecule has 0 saturated heterocycles. The molecule has 5 heteroatoms. The summed E-state index contributed by atoms with van der Waals surface area (Å²) in [6, 6.07) is 14.9. The lowest BCUT2D eigenvalue weighted by Crippen LogP contribution is -2.07. The van der Waals surface area contributed by atoms with Crippen LogP contribution in [0, 0.1) is 0 Å². The minimum Gasteiger partial charge on any atom is -0.505 e. The number of aromatic carboxylic acids is 1. The molecule has 0 amide bonds. The van der Waals surface area contributed by atoms with Crippen LogP contribution in [0.3, 0.4) is 0 Å². The van der Waals surface area contributed by atoms with E-state index in [0.717, 1.165) is 11.3 Å². The molecule has 0 bridgehead atoms. The Bertz CT molecular complexity index is 1040. The van der Waals surface area contributed by atoms with Crippen LogP contribution in [0.15, 0.2) is 60.7 Å². The molecular weight excluding hydrogens is 340 g/mol. The van der Waals surface area contributed by atoms with Crippen molar-refractivity contribution in [3.8, 4) is 5.75 Å². The van der Waals surface area contributed by atoms with Gasteiger partial charge in [-0.15, -0.1) is 0 Å². The molecule has 3 aromatic rings. The van der Waals surface area contributed by atoms with Gasteiger partial charge in [0, 0.05) is 25.2 Å². The number of hydrogen-bond acceptors (Lipinski definition) is 4. The maximum atomic E-state index is 11.5. The molecule has 27 heavy (non-hydrogen) atoms. The van der Waals surface area contributed by atoms with Crippen LogP contribution in [0.25, 0.3) is 23.1 Å². The molecule has 3 rings (SSSR count). The number of carboxylic acid groups (broad SMARTS) is 1. The zero-order valence-electron chi connectivity index (χ0n) is 15.1. The quantitative estimate of drug-likeness (QED) is 0.659. The number of hydrogen-bond donors (Lipinski definition) is 2. The maximum absolute atomic E-state index is 11.5. The highest BCUT2D eigenvalue weighted by atomic mass is 16.4. The summed E-state index contributed by atoms with van der Waals surface area (Å²) in [5.74, 6) is -1.52. The fourth-order valence-corrected chi connectivity index (χ4v) is 2.75. The minimum atomic E-state index is -1.18. The molecule has 0 saturated carbocycles. The number of rotatable bonds is 5. The number of pyridine rings is 1. The van der Waals surface area contributed by atoms with E-state index in [1.165, 1.54) is 0 Å². The summed E-state index contributed by atoms with van der Waals surface area (Å²) >= 11 is 0. The number of nitrogens with zero attached hydrogens (tertiary/aromatic N) is 2. The van der Waals surface area contributed by atoms with Gasteiger partial charge in [0.1, 0.15) is 11.3 Å². The van der Waals surface area contributed by atoms with Gasteiger partial charge in [0.15, 0.2) is 5.75 Å². The number of para-hydroxylation sites is 1. The molecule has 0 aliphatic carbocycles. The monoisotopic (exact) mass is 360 g/mol. The van der Waals surface area contributed by atoms with Crippen molar-refractivity contribution in [1.29, 1.82) is 0 Å². The fraction of sp³-hybridized carbons (Fsp3) is 0.0909. The summed E-state index contributed by atoms with van der Waals surface area (Å²) in [6.07, 6.45) is 7.06. The first-order chi connectivity index (χ1) is 13.0. The highest BCUT2D eigenvalue weighted by molar-refractivity contribution is 6.06. The first-order valence-corrected chi connectivity index (χ1v) is 8.44. The molecule has 0 aliphatic rings. The van der Waals surface area contributed by atoms with Crippen molar-refractivity contribution in [3.05, 3.63) is 77.5 Å². The molecule has 0 unspecified atom stereocenters. The SMILES string of the molecule is CN(C)c1ccc(C=CC=Cc2nc3ccccc3c(C(=O)O)c2O)cc1. The van der Waals surface area contributed by atoms with Gasteiger partial charge in [-0.25, -0.2) is 9.78 Å². The van der Waals surface area contributed by atoms with Crippen LogP contribution < -0.4 is 4.90 Å². The van der Waals surface area contributed by atoms with Crippen LogP contribution in [0.5, 0.6) is 5.75 Å². The molecule has 1 aromatic heterocycles. The summed E-state index contributed by atoms with van der Waals surface area (Å²) in [4.78, 5) is 17.9. The lowest BCUT2D eigenvalue weighted by Gasteiger charge is -2.11. The van der Waals surface area contributed by atoms with Gasteiger partial charge in [-0.2, -0.15) is 0 Å². The first-order valence-electron chi connectivity index (χ1n) is 8.44. The third kappa shape index (κ3) is 3.98. The summed E-state index contributed by atoms with van der Waals surface area (Å²) < 4.78 is 0. The summed E-state index contributed by atoms with van der Waals surface area (Å²) in [6.45, 7) is 0. The summed E-state index contributed by atoms with van der Waals surface area (Å²) in [7, 11) is 3.98. The standard InChI is InChI=1S/C22H20N2O3/c1-24(2)16-13-11-15(12-14-16)7-3-5-10-19-21(25)20(22(26)27)17-8-4-6-9-18(17)23-19/h3-14,25H,1-2H3,(H,26,27). The van der Waals surface area contributed by atoms with Crippen LogP contribution in [0.4, 0.5) is 5.69 Å². The zero-order valence-corrected chi connectivity index (χ0v) is 15.1. The van der Waals surface area contributed by atoms with E-state index >= 15 is 0 Å². The van der Waals surface area contributed by atoms with Gasteiger partial charge < -0.3 is 15.1 Å². The number of anilines is 1. The van der Waals surface area contributed by atoms with Crippen molar-refractivity contribution in [3.63, 3.8) is 0 Å². The topological polar surface area (TPSA) is 73.7 Å². The maximum Gasteiger partial charge on any atom is 0.340 e. The van der Waals surface area contributed by atoms with E-state index in [1.54, 1.807) is 36.4 Å². The molecule has 0 radical (unpaired) electrons. The molecule has 2 N–H and O–H groups in total. The van der Waals surface area contributed by atoms with Gasteiger partial charge in [-0.1, -0.05) is 48.6 Å². The number of carbonyl (C=O) groups is 1. The van der Waals surface area contributed by atoms with E-state index < -0.39 is 5.97 Å². The number of fused-ring (bicyclic) bond motifs is 1. The van der Waals surface area contributed by atoms with Crippen LogP contribution in [-0.2, 0) is 0 Å². The van der Waals surface area contributed by atoms with Crippen molar-refractivity contribution in [2.24, 2.45) is 0 Å². The third-order valence-electron chi connectivity index (χ3n) is 4.17. The highest BCUT2D eigenvalue weighted by Gasteiger charge is 2.18. The van der Waals surface area contributed by atoms with Gasteiger partial charge in [0.05, 0.1) is 5.52 Å². The van der Waals surface area contributed by atoms with Crippen LogP contribution in [0.2, 0.25) is 0 Å². The Morgan fingerprint density at radius 3 is 2.33 bits per heavy atom. The minimum absolute atomic E-state index is 0.136. The molecular formula is C22H20N2O3. The number of aromatic nitrogens is 1. The molecule has 1 heterocycles. The van der Waals surface area contributed by atoms with E-state index in [9.17, 15) is 15.0 Å². The zero-order chi connectivity index (χ0) is 19.4. The molecule has 0 atom stereocenters. The summed E-state index contributed by atoms with van der Waals surface area (Å²) in [5.41, 5.74) is 2.76. The molecule has 5 nitrogen and oxygen atoms in total. The van der Waals surface area contributed by atoms with E-state index in [4.69, 9.17) is 0 Å². The Morgan fingerprint density at radius 2 is 1.67 bits per heavy atom. The number of carboxylic acids is 1. The van der Waals surface area contributed by atoms with Crippen LogP contribution in [0.1, 0.15) is 21.6 Å². The molecule has 0 aliphatic heterocycles. The molecule has 2 aromatic carbocycles. The molecule has 0 spiro atoms. The highest BCUT2D eigenvalue weighted by Crippen LogP contribution is 2.29. The number of aromatic hydroxyl groups is 1. The lowest BCUT2D eigenvalue weighted by atomic mass is 10.1. The van der Waals surface area contributed by atoms with E-state index in [-0.39, 0.29) is 17.0 Å². The average Bonchev–Trinajstić information content (AvgIpc) is 2.65. The van der Waals surface area contributed by atoms with Crippen molar-refractivity contribution in [2.75, 3.05) is 19.0 Å². The lowest BCUT2D eigenvalue weighted by molar-refractivity contribution is 0.0696. The number of benzene rings is 2. The molecule has 0 fully saturated rings. The Morgan fingerprint density at radius 1 is 1.00 bits per heavy atom. The Labute approximate surface area is 157 Å². The number of allylic oxidation sites excluding steroid dienone is 2. The van der Waals surface area contributed by atoms with Crippen molar-refractivity contribution >= 4 is 34.7 Å². The normalized spacial score (nSPS) is 11.5. The van der Waals surface area contributed by atoms with Gasteiger partial charge in [-0.3, -0.25) is 0 Å². The van der Waals surface area contributed by atoms with Gasteiger partial charge in [0.25, 0.3) is 0 Å². The van der Waals surface area contributed by atoms with E-state index in [1.807, 2.05) is 55.4 Å². The first kappa shape index (κ1) is 18.2. The molecule has 136 valence electrons. The van der Waals surface area contributed by atoms with Crippen molar-refractivity contribution < 1.29 is 15.0 Å². The van der Waals surface area contributed by atoms with Crippen LogP contribution >= 0.6 is 0 Å². The van der Waals surface area contributed by atoms with Crippen molar-refractivity contribution in [2.45, 2.75) is 0 Å². The van der Waals surface area contributed by atoms with Gasteiger partial charge in [0.2, 0.25) is 0 Å². The predicted molar refractivity (Wildman–Crippen MR) is 109 cm³/mol. The van der Waals surface area contributed by atoms with E-state index in [2.05, 4.69) is 4.98 Å². The second kappa shape index (κ2) is 7.74.